The van der Waals surface area contributed by atoms with Gasteiger partial charge in [0.05, 0.1) is 17.4 Å². The van der Waals surface area contributed by atoms with Gasteiger partial charge in [0.15, 0.2) is 0 Å². The van der Waals surface area contributed by atoms with E-state index in [0.29, 0.717) is 52.0 Å². The Morgan fingerprint density at radius 2 is 1.71 bits per heavy atom. The number of ether oxygens (including phenoxy) is 1. The van der Waals surface area contributed by atoms with Crippen molar-refractivity contribution in [1.29, 1.82) is 0 Å². The molecule has 3 heterocycles. The Morgan fingerprint density at radius 1 is 1.05 bits per heavy atom. The third kappa shape index (κ3) is 5.18. The SMILES string of the molecule is C=CCN(CCCC)C(=O)C1N(CCCCCO)C(=O)[C@@H]2[C@H](C(=O)N(CC=C)CCC)[C@@]3(C)OC12CC3C. The van der Waals surface area contributed by atoms with E-state index in [-0.39, 0.29) is 30.2 Å². The molecular formula is C30H49N3O5. The van der Waals surface area contributed by atoms with E-state index in [1.54, 1.807) is 26.9 Å². The molecule has 0 saturated carbocycles. The van der Waals surface area contributed by atoms with Crippen LogP contribution in [-0.4, -0.2) is 94.1 Å². The number of carbonyl (C=O) groups excluding carboxylic acids is 3. The molecule has 3 aliphatic rings. The minimum Gasteiger partial charge on any atom is -0.396 e. The van der Waals surface area contributed by atoms with E-state index < -0.39 is 29.1 Å². The molecule has 8 heteroatoms. The Bertz CT molecular complexity index is 893. The second-order valence-corrected chi connectivity index (χ2v) is 11.5. The molecule has 38 heavy (non-hydrogen) atoms. The van der Waals surface area contributed by atoms with Crippen molar-refractivity contribution in [2.75, 3.05) is 39.3 Å². The normalized spacial score (nSPS) is 31.4. The molecule has 3 rings (SSSR count). The molecule has 3 unspecified atom stereocenters. The van der Waals surface area contributed by atoms with Crippen molar-refractivity contribution in [2.45, 2.75) is 89.9 Å². The number of amides is 3. The van der Waals surface area contributed by atoms with E-state index in [4.69, 9.17) is 4.74 Å². The standard InChI is InChI=1S/C30H49N3O5/c1-7-11-18-32(17-10-4)28(37)25-30-21-22(5)29(6,38-30)23(26(35)31(15-8-2)16-9-3)24(30)27(36)33(25)19-13-12-14-20-34/h8,10,22-25,34H,2,4,7,9,11-21H2,1,3,5-6H3/t22?,23-,24+,25?,29+,30?/m1/s1. The summed E-state index contributed by atoms with van der Waals surface area (Å²) in [6.45, 7) is 18.3. The third-order valence-electron chi connectivity index (χ3n) is 8.97. The molecule has 6 atom stereocenters. The quantitative estimate of drug-likeness (QED) is 0.244. The number of fused-ring (bicyclic) bond motifs is 1. The van der Waals surface area contributed by atoms with Crippen LogP contribution in [0.2, 0.25) is 0 Å². The van der Waals surface area contributed by atoms with Gasteiger partial charge in [0.1, 0.15) is 11.6 Å². The summed E-state index contributed by atoms with van der Waals surface area (Å²) in [7, 11) is 0. The first-order valence-corrected chi connectivity index (χ1v) is 14.6. The van der Waals surface area contributed by atoms with Gasteiger partial charge in [-0.1, -0.05) is 39.3 Å². The lowest BCUT2D eigenvalue weighted by atomic mass is 9.62. The molecule has 0 aromatic heterocycles. The Balaban J connectivity index is 2.07. The maximum atomic E-state index is 14.3. The van der Waals surface area contributed by atoms with Gasteiger partial charge in [0.25, 0.3) is 0 Å². The molecule has 3 saturated heterocycles. The number of rotatable bonds is 16. The molecule has 214 valence electrons. The number of hydrogen-bond donors (Lipinski definition) is 1. The number of carbonyl (C=O) groups is 3. The zero-order chi connectivity index (χ0) is 28.1. The van der Waals surface area contributed by atoms with Gasteiger partial charge < -0.3 is 24.5 Å². The fourth-order valence-corrected chi connectivity index (χ4v) is 7.09. The summed E-state index contributed by atoms with van der Waals surface area (Å²) in [4.78, 5) is 47.9. The first-order valence-electron chi connectivity index (χ1n) is 14.6. The van der Waals surface area contributed by atoms with E-state index in [2.05, 4.69) is 27.0 Å². The van der Waals surface area contributed by atoms with Gasteiger partial charge in [-0.15, -0.1) is 13.2 Å². The molecule has 1 N–H and O–H groups in total. The summed E-state index contributed by atoms with van der Waals surface area (Å²) in [6.07, 6.45) is 8.71. The Morgan fingerprint density at radius 3 is 2.29 bits per heavy atom. The smallest absolute Gasteiger partial charge is 0.248 e. The first-order chi connectivity index (χ1) is 18.2. The van der Waals surface area contributed by atoms with E-state index in [9.17, 15) is 19.5 Å². The lowest BCUT2D eigenvalue weighted by molar-refractivity contribution is -0.154. The molecular weight excluding hydrogens is 482 g/mol. The Kier molecular flexibility index (Phi) is 10.2. The highest BCUT2D eigenvalue weighted by atomic mass is 16.5. The van der Waals surface area contributed by atoms with Crippen LogP contribution >= 0.6 is 0 Å². The highest BCUT2D eigenvalue weighted by Gasteiger charge is 2.80. The van der Waals surface area contributed by atoms with Crippen LogP contribution in [0, 0.1) is 17.8 Å². The highest BCUT2D eigenvalue weighted by molar-refractivity contribution is 5.99. The zero-order valence-electron chi connectivity index (χ0n) is 24.0. The highest BCUT2D eigenvalue weighted by Crippen LogP contribution is 2.65. The van der Waals surface area contributed by atoms with E-state index in [1.807, 2.05) is 13.8 Å². The summed E-state index contributed by atoms with van der Waals surface area (Å²) in [5, 5.41) is 9.25. The topological polar surface area (TPSA) is 90.4 Å². The molecule has 3 fully saturated rings. The number of unbranched alkanes of at least 4 members (excludes halogenated alkanes) is 3. The zero-order valence-corrected chi connectivity index (χ0v) is 24.0. The molecule has 8 nitrogen and oxygen atoms in total. The van der Waals surface area contributed by atoms with Crippen LogP contribution in [0.5, 0.6) is 0 Å². The number of hydrogen-bond acceptors (Lipinski definition) is 5. The van der Waals surface area contributed by atoms with Crippen molar-refractivity contribution < 1.29 is 24.2 Å². The summed E-state index contributed by atoms with van der Waals surface area (Å²) < 4.78 is 6.87. The minimum atomic E-state index is -1.03. The minimum absolute atomic E-state index is 0.0147. The largest absolute Gasteiger partial charge is 0.396 e. The summed E-state index contributed by atoms with van der Waals surface area (Å²) in [5.74, 6) is -1.66. The van der Waals surface area contributed by atoms with Gasteiger partial charge in [-0.25, -0.2) is 0 Å². The number of nitrogens with zero attached hydrogens (tertiary/aromatic N) is 3. The van der Waals surface area contributed by atoms with Crippen molar-refractivity contribution in [3.05, 3.63) is 25.3 Å². The van der Waals surface area contributed by atoms with Crippen LogP contribution < -0.4 is 0 Å². The second-order valence-electron chi connectivity index (χ2n) is 11.5. The maximum absolute atomic E-state index is 14.3. The fourth-order valence-electron chi connectivity index (χ4n) is 7.09. The van der Waals surface area contributed by atoms with Crippen LogP contribution in [0.3, 0.4) is 0 Å². The summed E-state index contributed by atoms with van der Waals surface area (Å²) in [5.41, 5.74) is -1.85. The van der Waals surface area contributed by atoms with Crippen molar-refractivity contribution in [1.82, 2.24) is 14.7 Å². The van der Waals surface area contributed by atoms with Crippen LogP contribution in [-0.2, 0) is 19.1 Å². The van der Waals surface area contributed by atoms with Crippen LogP contribution in [0.1, 0.15) is 72.6 Å². The van der Waals surface area contributed by atoms with Crippen molar-refractivity contribution in [3.63, 3.8) is 0 Å². The lowest BCUT2D eigenvalue weighted by Crippen LogP contribution is -2.57. The van der Waals surface area contributed by atoms with Gasteiger partial charge in [0, 0.05) is 39.3 Å². The molecule has 3 amide bonds. The fraction of sp³-hybridized carbons (Fsp3) is 0.767. The predicted molar refractivity (Wildman–Crippen MR) is 148 cm³/mol. The van der Waals surface area contributed by atoms with Gasteiger partial charge >= 0.3 is 0 Å². The maximum Gasteiger partial charge on any atom is 0.248 e. The predicted octanol–water partition coefficient (Wildman–Crippen LogP) is 3.40. The van der Waals surface area contributed by atoms with Gasteiger partial charge in [0.2, 0.25) is 17.7 Å². The average Bonchev–Trinajstić information content (AvgIpc) is 3.40. The van der Waals surface area contributed by atoms with Crippen molar-refractivity contribution in [3.8, 4) is 0 Å². The summed E-state index contributed by atoms with van der Waals surface area (Å²) >= 11 is 0. The van der Waals surface area contributed by atoms with E-state index in [0.717, 1.165) is 25.7 Å². The summed E-state index contributed by atoms with van der Waals surface area (Å²) in [6, 6.07) is -0.771. The Hall–Kier alpha value is -2.19. The van der Waals surface area contributed by atoms with Gasteiger partial charge in [-0.2, -0.15) is 0 Å². The van der Waals surface area contributed by atoms with Crippen LogP contribution in [0.15, 0.2) is 25.3 Å². The Labute approximate surface area is 229 Å². The molecule has 0 aliphatic carbocycles. The third-order valence-corrected chi connectivity index (χ3v) is 8.97. The van der Waals surface area contributed by atoms with Crippen molar-refractivity contribution >= 4 is 17.7 Å². The molecule has 3 aliphatic heterocycles. The van der Waals surface area contributed by atoms with E-state index >= 15 is 0 Å². The lowest BCUT2D eigenvalue weighted by Gasteiger charge is -2.39. The number of aliphatic hydroxyl groups is 1. The average molecular weight is 532 g/mol. The van der Waals surface area contributed by atoms with E-state index in [1.165, 1.54) is 0 Å². The molecule has 0 aromatic rings. The molecule has 0 radical (unpaired) electrons. The van der Waals surface area contributed by atoms with Crippen molar-refractivity contribution in [2.24, 2.45) is 17.8 Å². The molecule has 2 bridgehead atoms. The van der Waals surface area contributed by atoms with Crippen LogP contribution in [0.25, 0.3) is 0 Å². The van der Waals surface area contributed by atoms with Gasteiger partial charge in [-0.05, 0) is 51.4 Å². The first kappa shape index (κ1) is 30.4. The molecule has 0 aromatic carbocycles. The van der Waals surface area contributed by atoms with Crippen LogP contribution in [0.4, 0.5) is 0 Å². The monoisotopic (exact) mass is 531 g/mol. The second kappa shape index (κ2) is 12.8. The van der Waals surface area contributed by atoms with Gasteiger partial charge in [-0.3, -0.25) is 14.4 Å². The number of aliphatic hydroxyl groups excluding tert-OH is 1. The molecule has 1 spiro atoms. The number of likely N-dealkylation sites (tertiary alicyclic amines) is 1.